The maximum Gasteiger partial charge on any atom is 0.335 e. The normalized spacial score (nSPS) is 11.7. The van der Waals surface area contributed by atoms with Crippen molar-refractivity contribution >= 4 is 15.8 Å². The predicted molar refractivity (Wildman–Crippen MR) is 70.3 cm³/mol. The van der Waals surface area contributed by atoms with Crippen molar-refractivity contribution in [1.82, 2.24) is 0 Å². The summed E-state index contributed by atoms with van der Waals surface area (Å²) in [6.07, 6.45) is 0.626. The third kappa shape index (κ3) is 4.87. The molecule has 0 bridgehead atoms. The minimum absolute atomic E-state index is 0.0964. The molecule has 0 atom stereocenters. The molecular formula is C13H18O4S. The van der Waals surface area contributed by atoms with Crippen molar-refractivity contribution in [3.63, 3.8) is 0 Å². The monoisotopic (exact) mass is 270 g/mol. The van der Waals surface area contributed by atoms with E-state index in [0.717, 1.165) is 0 Å². The zero-order valence-corrected chi connectivity index (χ0v) is 11.4. The lowest BCUT2D eigenvalue weighted by molar-refractivity contribution is 0.0696. The first-order valence-electron chi connectivity index (χ1n) is 5.83. The number of carbonyl (C=O) groups is 1. The minimum Gasteiger partial charge on any atom is -0.478 e. The molecule has 100 valence electrons. The minimum atomic E-state index is -3.17. The Kier molecular flexibility index (Phi) is 4.90. The van der Waals surface area contributed by atoms with Gasteiger partial charge in [-0.25, -0.2) is 13.2 Å². The second-order valence-corrected chi connectivity index (χ2v) is 6.96. The van der Waals surface area contributed by atoms with E-state index in [-0.39, 0.29) is 17.1 Å². The van der Waals surface area contributed by atoms with Crippen LogP contribution in [-0.2, 0) is 15.6 Å². The fourth-order valence-corrected chi connectivity index (χ4v) is 3.20. The molecule has 0 saturated heterocycles. The molecule has 0 aliphatic rings. The molecule has 1 N–H and O–H groups in total. The van der Waals surface area contributed by atoms with E-state index in [0.29, 0.717) is 17.9 Å². The Labute approximate surface area is 108 Å². The van der Waals surface area contributed by atoms with Crippen LogP contribution in [0.2, 0.25) is 0 Å². The fraction of sp³-hybridized carbons (Fsp3) is 0.462. The quantitative estimate of drug-likeness (QED) is 0.861. The van der Waals surface area contributed by atoms with Crippen molar-refractivity contribution in [1.29, 1.82) is 0 Å². The molecule has 0 saturated carbocycles. The summed E-state index contributed by atoms with van der Waals surface area (Å²) >= 11 is 0. The first-order chi connectivity index (χ1) is 8.30. The van der Waals surface area contributed by atoms with Crippen molar-refractivity contribution in [2.45, 2.75) is 26.0 Å². The number of benzene rings is 1. The van der Waals surface area contributed by atoms with Crippen LogP contribution in [0.1, 0.15) is 36.2 Å². The van der Waals surface area contributed by atoms with Gasteiger partial charge in [0.1, 0.15) is 0 Å². The lowest BCUT2D eigenvalue weighted by Crippen LogP contribution is -2.11. The van der Waals surface area contributed by atoms with E-state index < -0.39 is 15.8 Å². The van der Waals surface area contributed by atoms with Crippen LogP contribution in [0.5, 0.6) is 0 Å². The summed E-state index contributed by atoms with van der Waals surface area (Å²) < 4.78 is 23.7. The summed E-state index contributed by atoms with van der Waals surface area (Å²) in [4.78, 5) is 10.8. The molecule has 1 aromatic rings. The topological polar surface area (TPSA) is 71.4 Å². The number of rotatable bonds is 6. The van der Waals surface area contributed by atoms with Gasteiger partial charge >= 0.3 is 5.97 Å². The molecule has 0 aliphatic heterocycles. The van der Waals surface area contributed by atoms with Gasteiger partial charge in [-0.1, -0.05) is 26.0 Å². The third-order valence-electron chi connectivity index (χ3n) is 2.57. The second-order valence-electron chi connectivity index (χ2n) is 4.78. The highest BCUT2D eigenvalue weighted by molar-refractivity contribution is 7.90. The first-order valence-corrected chi connectivity index (χ1v) is 7.65. The largest absolute Gasteiger partial charge is 0.478 e. The highest BCUT2D eigenvalue weighted by atomic mass is 32.2. The maximum atomic E-state index is 11.8. The molecule has 0 radical (unpaired) electrons. The van der Waals surface area contributed by atoms with E-state index in [1.807, 2.05) is 13.8 Å². The molecular weight excluding hydrogens is 252 g/mol. The van der Waals surface area contributed by atoms with Crippen molar-refractivity contribution in [3.05, 3.63) is 35.4 Å². The summed E-state index contributed by atoms with van der Waals surface area (Å²) in [5.41, 5.74) is 0.644. The molecule has 1 aromatic carbocycles. The van der Waals surface area contributed by atoms with Crippen molar-refractivity contribution in [2.24, 2.45) is 5.92 Å². The molecule has 1 rings (SSSR count). The summed E-state index contributed by atoms with van der Waals surface area (Å²) in [5, 5.41) is 8.83. The third-order valence-corrected chi connectivity index (χ3v) is 4.20. The van der Waals surface area contributed by atoms with Gasteiger partial charge in [0.15, 0.2) is 9.84 Å². The molecule has 0 amide bonds. The van der Waals surface area contributed by atoms with E-state index in [1.165, 1.54) is 12.1 Å². The number of carboxylic acids is 1. The molecule has 5 heteroatoms. The van der Waals surface area contributed by atoms with E-state index in [1.54, 1.807) is 12.1 Å². The average molecular weight is 270 g/mol. The SMILES string of the molecule is CC(C)CCS(=O)(=O)Cc1cccc(C(=O)O)c1. The van der Waals surface area contributed by atoms with Crippen LogP contribution < -0.4 is 0 Å². The van der Waals surface area contributed by atoms with Crippen LogP contribution in [0, 0.1) is 5.92 Å². The molecule has 4 nitrogen and oxygen atoms in total. The number of hydrogen-bond acceptors (Lipinski definition) is 3. The maximum absolute atomic E-state index is 11.8. The van der Waals surface area contributed by atoms with Crippen LogP contribution in [-0.4, -0.2) is 25.2 Å². The summed E-state index contributed by atoms with van der Waals surface area (Å²) in [6, 6.07) is 6.07. The van der Waals surface area contributed by atoms with Crippen LogP contribution in [0.3, 0.4) is 0 Å². The van der Waals surface area contributed by atoms with Crippen LogP contribution in [0.15, 0.2) is 24.3 Å². The van der Waals surface area contributed by atoms with Crippen molar-refractivity contribution in [3.8, 4) is 0 Å². The highest BCUT2D eigenvalue weighted by Gasteiger charge is 2.14. The van der Waals surface area contributed by atoms with Crippen LogP contribution in [0.4, 0.5) is 0 Å². The molecule has 18 heavy (non-hydrogen) atoms. The molecule has 0 fully saturated rings. The Bertz CT molecular complexity index is 518. The summed E-state index contributed by atoms with van der Waals surface area (Å²) in [5.74, 6) is -0.662. The van der Waals surface area contributed by atoms with Gasteiger partial charge < -0.3 is 5.11 Å². The van der Waals surface area contributed by atoms with E-state index in [2.05, 4.69) is 0 Å². The Balaban J connectivity index is 2.78. The van der Waals surface area contributed by atoms with Crippen molar-refractivity contribution < 1.29 is 18.3 Å². The number of hydrogen-bond donors (Lipinski definition) is 1. The zero-order chi connectivity index (χ0) is 13.8. The summed E-state index contributed by atoms with van der Waals surface area (Å²) in [6.45, 7) is 3.95. The first kappa shape index (κ1) is 14.7. The molecule has 0 spiro atoms. The van der Waals surface area contributed by atoms with Gasteiger partial charge in [0.2, 0.25) is 0 Å². The number of sulfone groups is 1. The molecule has 0 heterocycles. The van der Waals surface area contributed by atoms with Crippen LogP contribution in [0.25, 0.3) is 0 Å². The lowest BCUT2D eigenvalue weighted by Gasteiger charge is -2.07. The van der Waals surface area contributed by atoms with Gasteiger partial charge in [-0.05, 0) is 30.0 Å². The van der Waals surface area contributed by atoms with E-state index >= 15 is 0 Å². The molecule has 0 aliphatic carbocycles. The standard InChI is InChI=1S/C13H18O4S/c1-10(2)6-7-18(16,17)9-11-4-3-5-12(8-11)13(14)15/h3-5,8,10H,6-7,9H2,1-2H3,(H,14,15). The average Bonchev–Trinajstić information content (AvgIpc) is 2.26. The van der Waals surface area contributed by atoms with Crippen LogP contribution >= 0.6 is 0 Å². The second kappa shape index (κ2) is 6.00. The van der Waals surface area contributed by atoms with Gasteiger partial charge in [0, 0.05) is 0 Å². The van der Waals surface area contributed by atoms with Gasteiger partial charge in [-0.2, -0.15) is 0 Å². The lowest BCUT2D eigenvalue weighted by atomic mass is 10.1. The van der Waals surface area contributed by atoms with Gasteiger partial charge in [0.25, 0.3) is 0 Å². The van der Waals surface area contributed by atoms with E-state index in [4.69, 9.17) is 5.11 Å². The Morgan fingerprint density at radius 2 is 2.00 bits per heavy atom. The molecule has 0 unspecified atom stereocenters. The Morgan fingerprint density at radius 3 is 2.56 bits per heavy atom. The summed E-state index contributed by atoms with van der Waals surface area (Å²) in [7, 11) is -3.17. The van der Waals surface area contributed by atoms with Gasteiger partial charge in [0.05, 0.1) is 17.1 Å². The highest BCUT2D eigenvalue weighted by Crippen LogP contribution is 2.12. The van der Waals surface area contributed by atoms with E-state index in [9.17, 15) is 13.2 Å². The fourth-order valence-electron chi connectivity index (χ4n) is 1.54. The van der Waals surface area contributed by atoms with Gasteiger partial charge in [-0.15, -0.1) is 0 Å². The number of carboxylic acid groups (broad SMARTS) is 1. The Hall–Kier alpha value is -1.36. The molecule has 0 aromatic heterocycles. The smallest absolute Gasteiger partial charge is 0.335 e. The number of aromatic carboxylic acids is 1. The van der Waals surface area contributed by atoms with Crippen molar-refractivity contribution in [2.75, 3.05) is 5.75 Å². The Morgan fingerprint density at radius 1 is 1.33 bits per heavy atom. The zero-order valence-electron chi connectivity index (χ0n) is 10.6. The predicted octanol–water partition coefficient (Wildman–Crippen LogP) is 2.35. The van der Waals surface area contributed by atoms with Gasteiger partial charge in [-0.3, -0.25) is 0 Å².